The number of aliphatic hydroxyl groups excluding tert-OH is 1. The van der Waals surface area contributed by atoms with Crippen LogP contribution in [0, 0.1) is 6.92 Å². The standard InChI is InChI=1S/C22H18N2O3S/c1-14-6-2-3-9-17(14)19-18(20(25)15-7-4-10-23-12-15)21(26)22(27)24(19)13-16-8-5-11-28-16/h2-12,19,25H,13H2,1H3/b20-18+. The quantitative estimate of drug-likeness (QED) is 0.414. The maximum Gasteiger partial charge on any atom is 0.295 e. The van der Waals surface area contributed by atoms with Crippen molar-refractivity contribution in [2.24, 2.45) is 0 Å². The molecule has 1 aliphatic heterocycles. The predicted octanol–water partition coefficient (Wildman–Crippen LogP) is 4.07. The highest BCUT2D eigenvalue weighted by atomic mass is 32.1. The average molecular weight is 390 g/mol. The van der Waals surface area contributed by atoms with E-state index in [1.165, 1.54) is 17.5 Å². The number of thiophene rings is 1. The van der Waals surface area contributed by atoms with E-state index in [1.54, 1.807) is 23.2 Å². The number of rotatable bonds is 4. The Morgan fingerprint density at radius 1 is 1.14 bits per heavy atom. The molecule has 140 valence electrons. The second-order valence-electron chi connectivity index (χ2n) is 6.60. The second kappa shape index (κ2) is 7.40. The number of hydrogen-bond donors (Lipinski definition) is 1. The summed E-state index contributed by atoms with van der Waals surface area (Å²) in [6.45, 7) is 2.25. The molecule has 28 heavy (non-hydrogen) atoms. The first-order valence-electron chi connectivity index (χ1n) is 8.84. The molecule has 3 aromatic rings. The van der Waals surface area contributed by atoms with Crippen molar-refractivity contribution in [3.8, 4) is 0 Å². The van der Waals surface area contributed by atoms with Gasteiger partial charge in [0.1, 0.15) is 5.76 Å². The molecule has 6 heteroatoms. The largest absolute Gasteiger partial charge is 0.507 e. The van der Waals surface area contributed by atoms with Crippen LogP contribution in [-0.4, -0.2) is 26.7 Å². The number of benzene rings is 1. The molecule has 0 radical (unpaired) electrons. The number of hydrogen-bond acceptors (Lipinski definition) is 5. The smallest absolute Gasteiger partial charge is 0.295 e. The van der Waals surface area contributed by atoms with Gasteiger partial charge < -0.3 is 10.0 Å². The molecule has 4 rings (SSSR count). The molecular weight excluding hydrogens is 372 g/mol. The maximum absolute atomic E-state index is 12.9. The topological polar surface area (TPSA) is 70.5 Å². The summed E-state index contributed by atoms with van der Waals surface area (Å²) >= 11 is 1.53. The van der Waals surface area contributed by atoms with Crippen LogP contribution in [0.2, 0.25) is 0 Å². The molecule has 1 aliphatic rings. The maximum atomic E-state index is 12.9. The van der Waals surface area contributed by atoms with E-state index in [9.17, 15) is 14.7 Å². The van der Waals surface area contributed by atoms with Crippen molar-refractivity contribution in [2.75, 3.05) is 0 Å². The van der Waals surface area contributed by atoms with Crippen molar-refractivity contribution in [1.82, 2.24) is 9.88 Å². The summed E-state index contributed by atoms with van der Waals surface area (Å²) < 4.78 is 0. The number of aliphatic hydroxyl groups is 1. The van der Waals surface area contributed by atoms with E-state index in [-0.39, 0.29) is 11.3 Å². The third kappa shape index (κ3) is 3.12. The summed E-state index contributed by atoms with van der Waals surface area (Å²) in [5.74, 6) is -1.48. The Hall–Kier alpha value is -3.25. The fourth-order valence-electron chi connectivity index (χ4n) is 3.49. The van der Waals surface area contributed by atoms with Gasteiger partial charge in [-0.1, -0.05) is 30.3 Å². The Morgan fingerprint density at radius 3 is 2.64 bits per heavy atom. The van der Waals surface area contributed by atoms with Crippen LogP contribution in [0.4, 0.5) is 0 Å². The Morgan fingerprint density at radius 2 is 1.96 bits per heavy atom. The van der Waals surface area contributed by atoms with Gasteiger partial charge in [0, 0.05) is 22.8 Å². The summed E-state index contributed by atoms with van der Waals surface area (Å²) in [7, 11) is 0. The Balaban J connectivity index is 1.90. The molecule has 1 aromatic carbocycles. The number of amides is 1. The van der Waals surface area contributed by atoms with Gasteiger partial charge in [0.05, 0.1) is 18.2 Å². The summed E-state index contributed by atoms with van der Waals surface area (Å²) in [5, 5.41) is 12.9. The van der Waals surface area contributed by atoms with E-state index < -0.39 is 17.7 Å². The summed E-state index contributed by atoms with van der Waals surface area (Å²) in [4.78, 5) is 32.3. The second-order valence-corrected chi connectivity index (χ2v) is 7.64. The molecule has 0 saturated carbocycles. The fraction of sp³-hybridized carbons (Fsp3) is 0.136. The van der Waals surface area contributed by atoms with Gasteiger partial charge in [0.15, 0.2) is 0 Å². The number of carbonyl (C=O) groups excluding carboxylic acids is 2. The van der Waals surface area contributed by atoms with Crippen LogP contribution in [0.3, 0.4) is 0 Å². The minimum Gasteiger partial charge on any atom is -0.507 e. The van der Waals surface area contributed by atoms with Crippen LogP contribution in [0.1, 0.15) is 27.6 Å². The molecule has 1 unspecified atom stereocenters. The molecule has 2 aromatic heterocycles. The third-order valence-corrected chi connectivity index (χ3v) is 5.73. The number of nitrogens with zero attached hydrogens (tertiary/aromatic N) is 2. The van der Waals surface area contributed by atoms with E-state index in [0.29, 0.717) is 12.1 Å². The highest BCUT2D eigenvalue weighted by molar-refractivity contribution is 7.09. The molecule has 0 aliphatic carbocycles. The lowest BCUT2D eigenvalue weighted by atomic mass is 9.93. The molecule has 1 fully saturated rings. The van der Waals surface area contributed by atoms with Crippen LogP contribution in [0.25, 0.3) is 5.76 Å². The van der Waals surface area contributed by atoms with Crippen molar-refractivity contribution in [3.05, 3.63) is 93.4 Å². The van der Waals surface area contributed by atoms with Crippen LogP contribution in [0.15, 0.2) is 71.9 Å². The molecule has 1 amide bonds. The first-order valence-corrected chi connectivity index (χ1v) is 9.72. The van der Waals surface area contributed by atoms with Gasteiger partial charge in [-0.25, -0.2) is 0 Å². The van der Waals surface area contributed by atoms with E-state index in [1.807, 2.05) is 48.7 Å². The molecular formula is C22H18N2O3S. The average Bonchev–Trinajstić information content (AvgIpc) is 3.31. The molecule has 3 heterocycles. The molecule has 0 spiro atoms. The van der Waals surface area contributed by atoms with Crippen molar-refractivity contribution < 1.29 is 14.7 Å². The van der Waals surface area contributed by atoms with Crippen LogP contribution < -0.4 is 0 Å². The summed E-state index contributed by atoms with van der Waals surface area (Å²) in [6, 6.07) is 14.2. The van der Waals surface area contributed by atoms with E-state index in [2.05, 4.69) is 4.98 Å². The number of Topliss-reactive ketones (excluding diaryl/α,β-unsaturated/α-hetero) is 1. The van der Waals surface area contributed by atoms with Crippen LogP contribution in [0.5, 0.6) is 0 Å². The van der Waals surface area contributed by atoms with Crippen molar-refractivity contribution in [3.63, 3.8) is 0 Å². The van der Waals surface area contributed by atoms with Gasteiger partial charge >= 0.3 is 0 Å². The van der Waals surface area contributed by atoms with E-state index >= 15 is 0 Å². The number of likely N-dealkylation sites (tertiary alicyclic amines) is 1. The lowest BCUT2D eigenvalue weighted by Gasteiger charge is -2.26. The SMILES string of the molecule is Cc1ccccc1C1/C(=C(\O)c2cccnc2)C(=O)C(=O)N1Cc1cccs1. The predicted molar refractivity (Wildman–Crippen MR) is 108 cm³/mol. The number of pyridine rings is 1. The fourth-order valence-corrected chi connectivity index (χ4v) is 4.19. The zero-order valence-electron chi connectivity index (χ0n) is 15.2. The third-order valence-electron chi connectivity index (χ3n) is 4.86. The van der Waals surface area contributed by atoms with Crippen LogP contribution in [-0.2, 0) is 16.1 Å². The van der Waals surface area contributed by atoms with Crippen molar-refractivity contribution >= 4 is 28.8 Å². The Bertz CT molecular complexity index is 1060. The monoisotopic (exact) mass is 390 g/mol. The normalized spacial score (nSPS) is 18.6. The summed E-state index contributed by atoms with van der Waals surface area (Å²) in [5.41, 5.74) is 2.28. The van der Waals surface area contributed by atoms with Crippen molar-refractivity contribution in [1.29, 1.82) is 0 Å². The number of aryl methyl sites for hydroxylation is 1. The highest BCUT2D eigenvalue weighted by Crippen LogP contribution is 2.41. The van der Waals surface area contributed by atoms with Crippen molar-refractivity contribution in [2.45, 2.75) is 19.5 Å². The lowest BCUT2D eigenvalue weighted by molar-refractivity contribution is -0.140. The van der Waals surface area contributed by atoms with Gasteiger partial charge in [-0.3, -0.25) is 14.6 Å². The number of aromatic nitrogens is 1. The molecule has 0 bridgehead atoms. The molecule has 1 saturated heterocycles. The Kier molecular flexibility index (Phi) is 4.79. The minimum absolute atomic E-state index is 0.101. The number of carbonyl (C=O) groups is 2. The highest BCUT2D eigenvalue weighted by Gasteiger charge is 2.46. The van der Waals surface area contributed by atoms with Gasteiger partial charge in [0.2, 0.25) is 0 Å². The molecule has 1 N–H and O–H groups in total. The number of ketones is 1. The first-order chi connectivity index (χ1) is 13.6. The van der Waals surface area contributed by atoms with Gasteiger partial charge in [-0.15, -0.1) is 11.3 Å². The van der Waals surface area contributed by atoms with Crippen LogP contribution >= 0.6 is 11.3 Å². The van der Waals surface area contributed by atoms with E-state index in [0.717, 1.165) is 16.0 Å². The summed E-state index contributed by atoms with van der Waals surface area (Å²) in [6.07, 6.45) is 3.07. The lowest BCUT2D eigenvalue weighted by Crippen LogP contribution is -2.29. The van der Waals surface area contributed by atoms with Gasteiger partial charge in [-0.05, 0) is 41.6 Å². The zero-order chi connectivity index (χ0) is 19.7. The minimum atomic E-state index is -0.675. The Labute approximate surface area is 166 Å². The van der Waals surface area contributed by atoms with Gasteiger partial charge in [-0.2, -0.15) is 0 Å². The zero-order valence-corrected chi connectivity index (χ0v) is 16.0. The van der Waals surface area contributed by atoms with E-state index in [4.69, 9.17) is 0 Å². The van der Waals surface area contributed by atoms with Gasteiger partial charge in [0.25, 0.3) is 11.7 Å². The molecule has 5 nitrogen and oxygen atoms in total. The molecule has 1 atom stereocenters. The first kappa shape index (κ1) is 18.1.